The molecule has 28 heavy (non-hydrogen) atoms. The van der Waals surface area contributed by atoms with E-state index in [1.807, 2.05) is 11.1 Å². The highest BCUT2D eigenvalue weighted by atomic mass is 14.4. The summed E-state index contributed by atoms with van der Waals surface area (Å²) in [5.74, 6) is 1.45. The van der Waals surface area contributed by atoms with Crippen LogP contribution < -0.4 is 0 Å². The van der Waals surface area contributed by atoms with Gasteiger partial charge in [-0.1, -0.05) is 75.0 Å². The molecule has 4 aliphatic rings. The van der Waals surface area contributed by atoms with Crippen molar-refractivity contribution in [3.63, 3.8) is 0 Å². The van der Waals surface area contributed by atoms with Crippen molar-refractivity contribution in [3.05, 3.63) is 45.6 Å². The SMILES string of the molecule is CC1=CC2=C(CCCCC2(C)C)C1CCC1C(C)=CC2=C1CCCCC2(C)C. The molecule has 0 amide bonds. The normalized spacial score (nSPS) is 31.8. The smallest absolute Gasteiger partial charge is 0.00137 e. The Balaban J connectivity index is 1.55. The zero-order chi connectivity index (χ0) is 20.1. The zero-order valence-electron chi connectivity index (χ0n) is 19.4. The summed E-state index contributed by atoms with van der Waals surface area (Å²) in [5, 5.41) is 0. The van der Waals surface area contributed by atoms with Crippen LogP contribution in [0.4, 0.5) is 0 Å². The lowest BCUT2D eigenvalue weighted by Gasteiger charge is -2.27. The van der Waals surface area contributed by atoms with Crippen LogP contribution in [-0.4, -0.2) is 0 Å². The lowest BCUT2D eigenvalue weighted by molar-refractivity contribution is 0.407. The molecule has 0 radical (unpaired) electrons. The van der Waals surface area contributed by atoms with Crippen LogP contribution in [-0.2, 0) is 0 Å². The molecule has 0 fully saturated rings. The monoisotopic (exact) mass is 378 g/mol. The molecule has 0 aliphatic heterocycles. The highest BCUT2D eigenvalue weighted by Crippen LogP contribution is 2.52. The predicted octanol–water partition coefficient (Wildman–Crippen LogP) is 8.71. The van der Waals surface area contributed by atoms with E-state index in [1.54, 1.807) is 22.3 Å². The molecule has 0 aromatic heterocycles. The number of rotatable bonds is 3. The molecule has 0 saturated carbocycles. The summed E-state index contributed by atoms with van der Waals surface area (Å²) in [6.45, 7) is 14.7. The fourth-order valence-electron chi connectivity index (χ4n) is 6.82. The minimum absolute atomic E-state index is 0.381. The first kappa shape index (κ1) is 20.2. The van der Waals surface area contributed by atoms with Crippen LogP contribution in [0.1, 0.15) is 106 Å². The minimum Gasteiger partial charge on any atom is -0.0658 e. The third-order valence-corrected chi connectivity index (χ3v) is 8.57. The Morgan fingerprint density at radius 3 is 1.46 bits per heavy atom. The Kier molecular flexibility index (Phi) is 5.30. The van der Waals surface area contributed by atoms with Gasteiger partial charge in [-0.3, -0.25) is 0 Å². The highest BCUT2D eigenvalue weighted by molar-refractivity contribution is 5.47. The summed E-state index contributed by atoms with van der Waals surface area (Å²) in [4.78, 5) is 0. The molecule has 4 aliphatic carbocycles. The van der Waals surface area contributed by atoms with Crippen LogP contribution in [0.25, 0.3) is 0 Å². The summed E-state index contributed by atoms with van der Waals surface area (Å²) < 4.78 is 0. The first-order chi connectivity index (χ1) is 13.2. The molecular formula is C28H42. The van der Waals surface area contributed by atoms with Gasteiger partial charge in [0, 0.05) is 11.8 Å². The Bertz CT molecular complexity index is 696. The van der Waals surface area contributed by atoms with Crippen molar-refractivity contribution in [2.45, 2.75) is 106 Å². The van der Waals surface area contributed by atoms with Gasteiger partial charge in [0.1, 0.15) is 0 Å². The van der Waals surface area contributed by atoms with E-state index >= 15 is 0 Å². The Hall–Kier alpha value is -1.04. The van der Waals surface area contributed by atoms with E-state index < -0.39 is 0 Å². The topological polar surface area (TPSA) is 0 Å². The second-order valence-electron chi connectivity index (χ2n) is 11.5. The molecule has 2 unspecified atom stereocenters. The zero-order valence-corrected chi connectivity index (χ0v) is 19.4. The quantitative estimate of drug-likeness (QED) is 0.460. The van der Waals surface area contributed by atoms with E-state index in [0.717, 1.165) is 11.8 Å². The van der Waals surface area contributed by atoms with Crippen molar-refractivity contribution in [2.24, 2.45) is 22.7 Å². The number of hydrogen-bond donors (Lipinski definition) is 0. The van der Waals surface area contributed by atoms with E-state index in [9.17, 15) is 0 Å². The van der Waals surface area contributed by atoms with Gasteiger partial charge in [0.05, 0.1) is 0 Å². The van der Waals surface area contributed by atoms with Crippen molar-refractivity contribution in [2.75, 3.05) is 0 Å². The summed E-state index contributed by atoms with van der Waals surface area (Å²) in [6, 6.07) is 0. The van der Waals surface area contributed by atoms with Gasteiger partial charge in [0.2, 0.25) is 0 Å². The van der Waals surface area contributed by atoms with Crippen LogP contribution >= 0.6 is 0 Å². The second kappa shape index (κ2) is 7.33. The molecule has 0 aromatic rings. The molecule has 0 aromatic carbocycles. The second-order valence-corrected chi connectivity index (χ2v) is 11.5. The molecule has 2 atom stereocenters. The van der Waals surface area contributed by atoms with Crippen LogP contribution in [0, 0.1) is 22.7 Å². The largest absolute Gasteiger partial charge is 0.0658 e. The van der Waals surface area contributed by atoms with E-state index in [4.69, 9.17) is 0 Å². The molecule has 0 spiro atoms. The number of allylic oxidation sites excluding steroid dienone is 8. The maximum Gasteiger partial charge on any atom is 0.00137 e. The number of hydrogen-bond acceptors (Lipinski definition) is 0. The third kappa shape index (κ3) is 3.50. The predicted molar refractivity (Wildman–Crippen MR) is 122 cm³/mol. The van der Waals surface area contributed by atoms with Crippen LogP contribution in [0.5, 0.6) is 0 Å². The van der Waals surface area contributed by atoms with Crippen LogP contribution in [0.2, 0.25) is 0 Å². The van der Waals surface area contributed by atoms with Gasteiger partial charge in [0.25, 0.3) is 0 Å². The van der Waals surface area contributed by atoms with Gasteiger partial charge >= 0.3 is 0 Å². The maximum absolute atomic E-state index is 2.59. The van der Waals surface area contributed by atoms with E-state index in [0.29, 0.717) is 10.8 Å². The lowest BCUT2D eigenvalue weighted by Crippen LogP contribution is -2.14. The summed E-state index contributed by atoms with van der Waals surface area (Å²) >= 11 is 0. The molecule has 0 nitrogen and oxygen atoms in total. The molecule has 0 saturated heterocycles. The van der Waals surface area contributed by atoms with Gasteiger partial charge in [-0.2, -0.15) is 0 Å². The van der Waals surface area contributed by atoms with E-state index in [2.05, 4.69) is 53.7 Å². The van der Waals surface area contributed by atoms with Crippen LogP contribution in [0.15, 0.2) is 45.6 Å². The van der Waals surface area contributed by atoms with Crippen molar-refractivity contribution < 1.29 is 0 Å². The Morgan fingerprint density at radius 2 is 1.07 bits per heavy atom. The first-order valence-corrected chi connectivity index (χ1v) is 12.0. The lowest BCUT2D eigenvalue weighted by atomic mass is 9.78. The standard InChI is InChI=1S/C28H42/c1-19-17-25-23(11-7-9-15-27(25,3)4)21(19)13-14-22-20(2)18-26-24(22)12-8-10-16-28(26,5)6/h17-18,21-22H,7-16H2,1-6H3. The fraction of sp³-hybridized carbons (Fsp3) is 0.714. The summed E-state index contributed by atoms with van der Waals surface area (Å²) in [5.41, 5.74) is 11.1. The molecule has 0 heteroatoms. The molecule has 0 bridgehead atoms. The Labute approximate surface area is 174 Å². The molecule has 0 heterocycles. The maximum atomic E-state index is 2.59. The van der Waals surface area contributed by atoms with Crippen LogP contribution in [0.3, 0.4) is 0 Å². The van der Waals surface area contributed by atoms with Crippen molar-refractivity contribution in [1.82, 2.24) is 0 Å². The van der Waals surface area contributed by atoms with Crippen molar-refractivity contribution in [1.29, 1.82) is 0 Å². The molecular weight excluding hydrogens is 336 g/mol. The van der Waals surface area contributed by atoms with E-state index in [-0.39, 0.29) is 0 Å². The average molecular weight is 379 g/mol. The molecule has 0 N–H and O–H groups in total. The molecule has 4 rings (SSSR count). The van der Waals surface area contributed by atoms with Crippen molar-refractivity contribution in [3.8, 4) is 0 Å². The summed E-state index contributed by atoms with van der Waals surface area (Å²) in [6.07, 6.45) is 18.9. The highest BCUT2D eigenvalue weighted by Gasteiger charge is 2.37. The minimum atomic E-state index is 0.381. The Morgan fingerprint density at radius 1 is 0.679 bits per heavy atom. The van der Waals surface area contributed by atoms with Gasteiger partial charge in [-0.05, 0) is 87.2 Å². The van der Waals surface area contributed by atoms with Crippen molar-refractivity contribution >= 4 is 0 Å². The van der Waals surface area contributed by atoms with Gasteiger partial charge in [-0.25, -0.2) is 0 Å². The average Bonchev–Trinajstić information content (AvgIpc) is 3.01. The van der Waals surface area contributed by atoms with Gasteiger partial charge in [-0.15, -0.1) is 0 Å². The fourth-order valence-corrected chi connectivity index (χ4v) is 6.82. The third-order valence-electron chi connectivity index (χ3n) is 8.57. The van der Waals surface area contributed by atoms with Gasteiger partial charge in [0.15, 0.2) is 0 Å². The molecule has 154 valence electrons. The van der Waals surface area contributed by atoms with E-state index in [1.165, 1.54) is 64.2 Å². The first-order valence-electron chi connectivity index (χ1n) is 12.0. The van der Waals surface area contributed by atoms with Gasteiger partial charge < -0.3 is 0 Å². The summed E-state index contributed by atoms with van der Waals surface area (Å²) in [7, 11) is 0.